The van der Waals surface area contributed by atoms with Crippen LogP contribution in [-0.2, 0) is 6.54 Å². The van der Waals surface area contributed by atoms with Crippen LogP contribution >= 0.6 is 22.9 Å². The fraction of sp³-hybridized carbons (Fsp3) is 0.250. The molecule has 98 valence electrons. The van der Waals surface area contributed by atoms with Gasteiger partial charge in [0.15, 0.2) is 0 Å². The Labute approximate surface area is 118 Å². The molecular weight excluding hydrogens is 284 g/mol. The second kappa shape index (κ2) is 4.47. The van der Waals surface area contributed by atoms with Gasteiger partial charge >= 0.3 is 5.69 Å². The minimum atomic E-state index is -0.171. The molecule has 0 saturated carbocycles. The predicted molar refractivity (Wildman–Crippen MR) is 76.4 cm³/mol. The summed E-state index contributed by atoms with van der Waals surface area (Å²) in [6, 6.07) is 5.58. The summed E-state index contributed by atoms with van der Waals surface area (Å²) in [4.78, 5) is 16.6. The van der Waals surface area contributed by atoms with Crippen LogP contribution in [0.15, 0.2) is 23.0 Å². The predicted octanol–water partition coefficient (Wildman–Crippen LogP) is 2.63. The summed E-state index contributed by atoms with van der Waals surface area (Å²) < 4.78 is 3.88. The number of halogens is 1. The highest BCUT2D eigenvalue weighted by Crippen LogP contribution is 2.28. The normalized spacial score (nSPS) is 11.3. The Morgan fingerprint density at radius 3 is 2.84 bits per heavy atom. The number of aromatic nitrogens is 4. The van der Waals surface area contributed by atoms with E-state index in [1.807, 2.05) is 26.0 Å². The molecule has 0 fully saturated rings. The first kappa shape index (κ1) is 12.4. The number of thiazole rings is 1. The van der Waals surface area contributed by atoms with Crippen molar-refractivity contribution in [3.8, 4) is 5.13 Å². The van der Waals surface area contributed by atoms with E-state index in [1.54, 1.807) is 10.6 Å². The molecule has 19 heavy (non-hydrogen) atoms. The summed E-state index contributed by atoms with van der Waals surface area (Å²) in [5.74, 6) is 0.679. The Kier molecular flexibility index (Phi) is 2.91. The van der Waals surface area contributed by atoms with E-state index in [4.69, 9.17) is 11.6 Å². The lowest BCUT2D eigenvalue weighted by atomic mass is 10.3. The first-order valence-corrected chi connectivity index (χ1v) is 7.03. The molecule has 7 heteroatoms. The third-order valence-electron chi connectivity index (χ3n) is 2.90. The van der Waals surface area contributed by atoms with Crippen molar-refractivity contribution < 1.29 is 0 Å². The maximum atomic E-state index is 12.2. The number of nitrogens with zero attached hydrogens (tertiary/aromatic N) is 4. The average Bonchev–Trinajstić information content (AvgIpc) is 2.92. The third-order valence-corrected chi connectivity index (χ3v) is 4.20. The molecule has 0 saturated heterocycles. The Morgan fingerprint density at radius 1 is 1.42 bits per heavy atom. The van der Waals surface area contributed by atoms with Gasteiger partial charge in [0.2, 0.25) is 5.13 Å². The minimum absolute atomic E-state index is 0.171. The summed E-state index contributed by atoms with van der Waals surface area (Å²) in [7, 11) is 0. The van der Waals surface area contributed by atoms with Crippen molar-refractivity contribution in [3.05, 3.63) is 39.5 Å². The van der Waals surface area contributed by atoms with E-state index in [9.17, 15) is 4.79 Å². The number of aryl methyl sites for hydroxylation is 1. The second-order valence-electron chi connectivity index (χ2n) is 4.07. The largest absolute Gasteiger partial charge is 0.352 e. The molecule has 0 atom stereocenters. The van der Waals surface area contributed by atoms with Gasteiger partial charge in [-0.1, -0.05) is 29.0 Å². The standard InChI is InChI=1S/C12H11ClN4OS/c1-3-16-7(2)15-17(12(16)18)11-14-10-8(13)5-4-6-9(10)19-11/h4-6H,3H2,1-2H3. The van der Waals surface area contributed by atoms with Gasteiger partial charge in [0.1, 0.15) is 11.3 Å². The molecule has 0 spiro atoms. The van der Waals surface area contributed by atoms with E-state index in [0.29, 0.717) is 28.0 Å². The topological polar surface area (TPSA) is 52.7 Å². The number of hydrogen-bond acceptors (Lipinski definition) is 4. The number of fused-ring (bicyclic) bond motifs is 1. The number of benzene rings is 1. The zero-order chi connectivity index (χ0) is 13.6. The quantitative estimate of drug-likeness (QED) is 0.730. The highest BCUT2D eigenvalue weighted by atomic mass is 35.5. The van der Waals surface area contributed by atoms with E-state index in [0.717, 1.165) is 4.70 Å². The molecule has 0 N–H and O–H groups in total. The summed E-state index contributed by atoms with van der Waals surface area (Å²) >= 11 is 7.50. The lowest BCUT2D eigenvalue weighted by Gasteiger charge is -1.93. The summed E-state index contributed by atoms with van der Waals surface area (Å²) in [5, 5.41) is 5.38. The number of para-hydroxylation sites is 1. The van der Waals surface area contributed by atoms with Gasteiger partial charge in [0.05, 0.1) is 9.72 Å². The zero-order valence-electron chi connectivity index (χ0n) is 10.4. The van der Waals surface area contributed by atoms with Crippen LogP contribution in [0.2, 0.25) is 5.02 Å². The smallest absolute Gasteiger partial charge is 0.279 e. The van der Waals surface area contributed by atoms with Gasteiger partial charge < -0.3 is 0 Å². The van der Waals surface area contributed by atoms with Gasteiger partial charge in [0, 0.05) is 6.54 Å². The maximum Gasteiger partial charge on any atom is 0.352 e. The zero-order valence-corrected chi connectivity index (χ0v) is 12.0. The van der Waals surface area contributed by atoms with Gasteiger partial charge in [0.25, 0.3) is 0 Å². The minimum Gasteiger partial charge on any atom is -0.279 e. The lowest BCUT2D eigenvalue weighted by Crippen LogP contribution is -2.23. The van der Waals surface area contributed by atoms with Crippen LogP contribution < -0.4 is 5.69 Å². The molecule has 2 heterocycles. The third kappa shape index (κ3) is 1.87. The highest BCUT2D eigenvalue weighted by molar-refractivity contribution is 7.20. The molecule has 3 rings (SSSR count). The molecule has 0 amide bonds. The Hall–Kier alpha value is -1.66. The van der Waals surface area contributed by atoms with Crippen molar-refractivity contribution in [2.45, 2.75) is 20.4 Å². The highest BCUT2D eigenvalue weighted by Gasteiger charge is 2.14. The molecule has 2 aromatic heterocycles. The van der Waals surface area contributed by atoms with Crippen LogP contribution in [0.5, 0.6) is 0 Å². The van der Waals surface area contributed by atoms with Crippen molar-refractivity contribution in [2.75, 3.05) is 0 Å². The molecule has 0 radical (unpaired) electrons. The molecule has 0 aliphatic heterocycles. The van der Waals surface area contributed by atoms with Crippen molar-refractivity contribution >= 4 is 33.2 Å². The summed E-state index contributed by atoms with van der Waals surface area (Å²) in [6.07, 6.45) is 0. The fourth-order valence-corrected chi connectivity index (χ4v) is 3.19. The van der Waals surface area contributed by atoms with Gasteiger partial charge in [-0.05, 0) is 26.0 Å². The van der Waals surface area contributed by atoms with E-state index < -0.39 is 0 Å². The second-order valence-corrected chi connectivity index (χ2v) is 5.49. The van der Waals surface area contributed by atoms with Crippen LogP contribution in [-0.4, -0.2) is 19.3 Å². The van der Waals surface area contributed by atoms with Crippen molar-refractivity contribution in [1.82, 2.24) is 19.3 Å². The lowest BCUT2D eigenvalue weighted by molar-refractivity contribution is 0.695. The molecule has 0 bridgehead atoms. The van der Waals surface area contributed by atoms with Crippen LogP contribution in [0.3, 0.4) is 0 Å². The monoisotopic (exact) mass is 294 g/mol. The van der Waals surface area contributed by atoms with Crippen LogP contribution in [0.4, 0.5) is 0 Å². The first-order valence-electron chi connectivity index (χ1n) is 5.83. The van der Waals surface area contributed by atoms with Gasteiger partial charge in [-0.25, -0.2) is 9.78 Å². The van der Waals surface area contributed by atoms with E-state index >= 15 is 0 Å². The number of hydrogen-bond donors (Lipinski definition) is 0. The molecule has 0 unspecified atom stereocenters. The summed E-state index contributed by atoms with van der Waals surface area (Å²) in [6.45, 7) is 4.31. The number of rotatable bonds is 2. The van der Waals surface area contributed by atoms with Crippen LogP contribution in [0.1, 0.15) is 12.7 Å². The molecular formula is C12H11ClN4OS. The van der Waals surface area contributed by atoms with Gasteiger partial charge in [-0.3, -0.25) is 4.57 Å². The van der Waals surface area contributed by atoms with Crippen LogP contribution in [0.25, 0.3) is 15.3 Å². The van der Waals surface area contributed by atoms with Gasteiger partial charge in [-0.2, -0.15) is 4.68 Å². The summed E-state index contributed by atoms with van der Waals surface area (Å²) in [5.41, 5.74) is 0.537. The average molecular weight is 295 g/mol. The molecule has 3 aromatic rings. The Morgan fingerprint density at radius 2 is 2.21 bits per heavy atom. The molecule has 0 aliphatic rings. The van der Waals surface area contributed by atoms with E-state index in [1.165, 1.54) is 16.0 Å². The van der Waals surface area contributed by atoms with Crippen LogP contribution in [0, 0.1) is 6.92 Å². The van der Waals surface area contributed by atoms with E-state index in [2.05, 4.69) is 10.1 Å². The van der Waals surface area contributed by atoms with Crippen molar-refractivity contribution in [1.29, 1.82) is 0 Å². The molecule has 5 nitrogen and oxygen atoms in total. The SMILES string of the molecule is CCn1c(C)nn(-c2nc3c(Cl)cccc3s2)c1=O. The fourth-order valence-electron chi connectivity index (χ4n) is 1.98. The maximum absolute atomic E-state index is 12.2. The van der Waals surface area contributed by atoms with E-state index in [-0.39, 0.29) is 5.69 Å². The van der Waals surface area contributed by atoms with Crippen molar-refractivity contribution in [2.24, 2.45) is 0 Å². The first-order chi connectivity index (χ1) is 9.11. The Balaban J connectivity index is 2.25. The molecule has 1 aromatic carbocycles. The van der Waals surface area contributed by atoms with Crippen molar-refractivity contribution in [3.63, 3.8) is 0 Å². The Bertz CT molecular complexity index is 817. The molecule has 0 aliphatic carbocycles. The van der Waals surface area contributed by atoms with Gasteiger partial charge in [-0.15, -0.1) is 5.10 Å².